The summed E-state index contributed by atoms with van der Waals surface area (Å²) in [5, 5.41) is 19.0. The topological polar surface area (TPSA) is 70.2 Å². The van der Waals surface area contributed by atoms with Gasteiger partial charge in [0, 0.05) is 25.6 Å². The van der Waals surface area contributed by atoms with Crippen molar-refractivity contribution in [3.05, 3.63) is 39.7 Å². The van der Waals surface area contributed by atoms with E-state index in [4.69, 9.17) is 5.26 Å². The van der Waals surface area contributed by atoms with E-state index in [-0.39, 0.29) is 5.69 Å². The number of nitro groups is 1. The summed E-state index contributed by atoms with van der Waals surface area (Å²) >= 11 is 0. The minimum Gasteiger partial charge on any atom is -0.301 e. The van der Waals surface area contributed by atoms with Gasteiger partial charge in [0.05, 0.1) is 17.1 Å². The third kappa shape index (κ3) is 4.17. The number of nitro benzene ring substituents is 1. The van der Waals surface area contributed by atoms with Gasteiger partial charge >= 0.3 is 0 Å². The van der Waals surface area contributed by atoms with Gasteiger partial charge in [-0.1, -0.05) is 0 Å². The lowest BCUT2D eigenvalue weighted by atomic mass is 10.2. The third-order valence-electron chi connectivity index (χ3n) is 2.21. The number of nitrogens with zero attached hydrogens (tertiary/aromatic N) is 3. The Morgan fingerprint density at radius 3 is 2.82 bits per heavy atom. The molecular formula is C11H12FN3O2. The van der Waals surface area contributed by atoms with Crippen molar-refractivity contribution in [2.45, 2.75) is 13.0 Å². The highest BCUT2D eigenvalue weighted by Gasteiger charge is 2.10. The maximum atomic E-state index is 13.1. The molecular weight excluding hydrogens is 225 g/mol. The minimum atomic E-state index is -0.623. The van der Waals surface area contributed by atoms with E-state index in [2.05, 4.69) is 0 Å². The van der Waals surface area contributed by atoms with Crippen molar-refractivity contribution in [2.75, 3.05) is 13.6 Å². The summed E-state index contributed by atoms with van der Waals surface area (Å²) in [6.45, 7) is 0.918. The molecule has 0 fully saturated rings. The first kappa shape index (κ1) is 13.1. The van der Waals surface area contributed by atoms with Crippen LogP contribution in [0.4, 0.5) is 10.1 Å². The second kappa shape index (κ2) is 5.92. The van der Waals surface area contributed by atoms with Crippen LogP contribution in [-0.2, 0) is 6.54 Å². The zero-order valence-corrected chi connectivity index (χ0v) is 9.39. The molecule has 0 aliphatic rings. The summed E-state index contributed by atoms with van der Waals surface area (Å²) in [4.78, 5) is 11.7. The fourth-order valence-corrected chi connectivity index (χ4v) is 1.46. The lowest BCUT2D eigenvalue weighted by molar-refractivity contribution is -0.385. The van der Waals surface area contributed by atoms with E-state index in [0.717, 1.165) is 6.07 Å². The second-order valence-corrected chi connectivity index (χ2v) is 3.72. The Morgan fingerprint density at radius 2 is 2.24 bits per heavy atom. The van der Waals surface area contributed by atoms with Gasteiger partial charge in [0.2, 0.25) is 0 Å². The van der Waals surface area contributed by atoms with Crippen LogP contribution in [0.15, 0.2) is 18.2 Å². The van der Waals surface area contributed by atoms with Gasteiger partial charge in [-0.3, -0.25) is 10.1 Å². The Morgan fingerprint density at radius 1 is 1.53 bits per heavy atom. The SMILES string of the molecule is CN(CCC#N)Cc1cc(F)cc([N+](=O)[O-])c1. The smallest absolute Gasteiger partial charge is 0.272 e. The number of hydrogen-bond acceptors (Lipinski definition) is 4. The standard InChI is InChI=1S/C11H12FN3O2/c1-14(4-2-3-13)8-9-5-10(12)7-11(6-9)15(16)17/h5-7H,2,4,8H2,1H3. The molecule has 0 aromatic heterocycles. The van der Waals surface area contributed by atoms with Gasteiger partial charge in [-0.25, -0.2) is 4.39 Å². The fraction of sp³-hybridized carbons (Fsp3) is 0.364. The molecule has 0 N–H and O–H groups in total. The lowest BCUT2D eigenvalue weighted by Gasteiger charge is -2.14. The van der Waals surface area contributed by atoms with Gasteiger partial charge in [0.15, 0.2) is 0 Å². The molecule has 0 aliphatic heterocycles. The van der Waals surface area contributed by atoms with Crippen molar-refractivity contribution in [1.82, 2.24) is 4.90 Å². The quantitative estimate of drug-likeness (QED) is 0.580. The van der Waals surface area contributed by atoms with Gasteiger partial charge in [-0.05, 0) is 18.7 Å². The molecule has 0 amide bonds. The number of hydrogen-bond donors (Lipinski definition) is 0. The molecule has 0 unspecified atom stereocenters. The Bertz CT molecular complexity index is 457. The molecule has 0 heterocycles. The van der Waals surface area contributed by atoms with E-state index >= 15 is 0 Å². The summed E-state index contributed by atoms with van der Waals surface area (Å²) < 4.78 is 13.1. The Labute approximate surface area is 98.2 Å². The molecule has 0 radical (unpaired) electrons. The highest BCUT2D eigenvalue weighted by Crippen LogP contribution is 2.17. The average molecular weight is 237 g/mol. The van der Waals surface area contributed by atoms with E-state index in [1.807, 2.05) is 11.0 Å². The van der Waals surface area contributed by atoms with E-state index in [0.29, 0.717) is 25.1 Å². The van der Waals surface area contributed by atoms with Crippen molar-refractivity contribution in [3.8, 4) is 6.07 Å². The van der Waals surface area contributed by atoms with Crippen LogP contribution < -0.4 is 0 Å². The summed E-state index contributed by atoms with van der Waals surface area (Å²) in [5.41, 5.74) is 0.269. The molecule has 0 atom stereocenters. The number of non-ortho nitro benzene ring substituents is 1. The maximum Gasteiger partial charge on any atom is 0.272 e. The van der Waals surface area contributed by atoms with Crippen molar-refractivity contribution in [3.63, 3.8) is 0 Å². The molecule has 1 rings (SSSR count). The predicted octanol–water partition coefficient (Wildman–Crippen LogP) is 2.08. The van der Waals surface area contributed by atoms with Crippen molar-refractivity contribution in [2.24, 2.45) is 0 Å². The van der Waals surface area contributed by atoms with Crippen LogP contribution in [0.2, 0.25) is 0 Å². The van der Waals surface area contributed by atoms with Gasteiger partial charge < -0.3 is 4.90 Å². The molecule has 0 saturated heterocycles. The molecule has 5 nitrogen and oxygen atoms in total. The lowest BCUT2D eigenvalue weighted by Crippen LogP contribution is -2.18. The normalized spacial score (nSPS) is 10.2. The highest BCUT2D eigenvalue weighted by atomic mass is 19.1. The van der Waals surface area contributed by atoms with Crippen LogP contribution in [-0.4, -0.2) is 23.4 Å². The van der Waals surface area contributed by atoms with Gasteiger partial charge in [0.1, 0.15) is 5.82 Å². The van der Waals surface area contributed by atoms with E-state index in [9.17, 15) is 14.5 Å². The Hall–Kier alpha value is -2.00. The van der Waals surface area contributed by atoms with Gasteiger partial charge in [-0.2, -0.15) is 5.26 Å². The molecule has 1 aromatic rings. The van der Waals surface area contributed by atoms with Crippen LogP contribution >= 0.6 is 0 Å². The van der Waals surface area contributed by atoms with Crippen LogP contribution in [0.25, 0.3) is 0 Å². The van der Waals surface area contributed by atoms with E-state index in [1.165, 1.54) is 12.1 Å². The molecule has 90 valence electrons. The van der Waals surface area contributed by atoms with E-state index in [1.54, 1.807) is 7.05 Å². The Balaban J connectivity index is 2.77. The molecule has 0 spiro atoms. The molecule has 6 heteroatoms. The number of rotatable bonds is 5. The van der Waals surface area contributed by atoms with Crippen LogP contribution in [0.5, 0.6) is 0 Å². The van der Waals surface area contributed by atoms with Crippen molar-refractivity contribution in [1.29, 1.82) is 5.26 Å². The van der Waals surface area contributed by atoms with Crippen LogP contribution in [0, 0.1) is 27.3 Å². The van der Waals surface area contributed by atoms with Crippen molar-refractivity contribution >= 4 is 5.69 Å². The zero-order chi connectivity index (χ0) is 12.8. The van der Waals surface area contributed by atoms with Gasteiger partial charge in [-0.15, -0.1) is 0 Å². The monoisotopic (exact) mass is 237 g/mol. The second-order valence-electron chi connectivity index (χ2n) is 3.72. The van der Waals surface area contributed by atoms with Crippen LogP contribution in [0.3, 0.4) is 0 Å². The first-order valence-electron chi connectivity index (χ1n) is 5.02. The summed E-state index contributed by atoms with van der Waals surface area (Å²) in [5.74, 6) is -0.622. The van der Waals surface area contributed by atoms with Crippen molar-refractivity contribution < 1.29 is 9.31 Å². The number of nitriles is 1. The first-order valence-corrected chi connectivity index (χ1v) is 5.02. The molecule has 0 aliphatic carbocycles. The fourth-order valence-electron chi connectivity index (χ4n) is 1.46. The first-order chi connectivity index (χ1) is 8.02. The summed E-state index contributed by atoms with van der Waals surface area (Å²) in [6, 6.07) is 5.49. The maximum absolute atomic E-state index is 13.1. The Kier molecular flexibility index (Phi) is 4.55. The predicted molar refractivity (Wildman–Crippen MR) is 59.6 cm³/mol. The molecule has 0 saturated carbocycles. The van der Waals surface area contributed by atoms with E-state index < -0.39 is 10.7 Å². The zero-order valence-electron chi connectivity index (χ0n) is 9.39. The molecule has 0 bridgehead atoms. The third-order valence-corrected chi connectivity index (χ3v) is 2.21. The molecule has 1 aromatic carbocycles. The minimum absolute atomic E-state index is 0.256. The largest absolute Gasteiger partial charge is 0.301 e. The number of benzene rings is 1. The summed E-state index contributed by atoms with van der Waals surface area (Å²) in [7, 11) is 1.77. The average Bonchev–Trinajstić information content (AvgIpc) is 2.25. The van der Waals surface area contributed by atoms with Gasteiger partial charge in [0.25, 0.3) is 5.69 Å². The highest BCUT2D eigenvalue weighted by molar-refractivity contribution is 5.35. The van der Waals surface area contributed by atoms with Crippen LogP contribution in [0.1, 0.15) is 12.0 Å². The summed E-state index contributed by atoms with van der Waals surface area (Å²) in [6.07, 6.45) is 0.369. The molecule has 17 heavy (non-hydrogen) atoms. The number of halogens is 1.